The van der Waals surface area contributed by atoms with Crippen LogP contribution in [0.3, 0.4) is 0 Å². The van der Waals surface area contributed by atoms with Gasteiger partial charge >= 0.3 is 0 Å². The average molecular weight is 268 g/mol. The van der Waals surface area contributed by atoms with Crippen LogP contribution in [0.1, 0.15) is 37.4 Å². The van der Waals surface area contributed by atoms with Crippen LogP contribution in [0.25, 0.3) is 9.88 Å². The second-order valence-electron chi connectivity index (χ2n) is 4.04. The van der Waals surface area contributed by atoms with E-state index < -0.39 is 0 Å². The van der Waals surface area contributed by atoms with Gasteiger partial charge in [-0.05, 0) is 19.8 Å². The van der Waals surface area contributed by atoms with Gasteiger partial charge in [0.2, 0.25) is 5.13 Å². The standard InChI is InChI=1S/C11H16N4S2/c1-5-12-11-15-14-10(17-11)9-8(6(2)3)13-7(4)16-9/h6H,5H2,1-4H3,(H,12,15). The van der Waals surface area contributed by atoms with E-state index in [1.54, 1.807) is 22.7 Å². The number of anilines is 1. The molecule has 17 heavy (non-hydrogen) atoms. The minimum Gasteiger partial charge on any atom is -0.360 e. The summed E-state index contributed by atoms with van der Waals surface area (Å²) in [5.74, 6) is 0.418. The molecule has 0 aliphatic heterocycles. The summed E-state index contributed by atoms with van der Waals surface area (Å²) in [7, 11) is 0. The molecule has 0 spiro atoms. The van der Waals surface area contributed by atoms with E-state index in [9.17, 15) is 0 Å². The molecule has 0 fully saturated rings. The van der Waals surface area contributed by atoms with E-state index in [0.717, 1.165) is 27.4 Å². The fourth-order valence-corrected chi connectivity index (χ4v) is 3.49. The number of thiazole rings is 1. The molecular formula is C11H16N4S2. The van der Waals surface area contributed by atoms with Crippen LogP contribution < -0.4 is 5.32 Å². The first-order chi connectivity index (χ1) is 8.11. The molecule has 0 saturated heterocycles. The van der Waals surface area contributed by atoms with E-state index >= 15 is 0 Å². The largest absolute Gasteiger partial charge is 0.360 e. The maximum atomic E-state index is 4.58. The lowest BCUT2D eigenvalue weighted by Gasteiger charge is -2.01. The van der Waals surface area contributed by atoms with Crippen molar-refractivity contribution in [2.45, 2.75) is 33.6 Å². The molecule has 0 aliphatic rings. The van der Waals surface area contributed by atoms with Crippen molar-refractivity contribution in [3.05, 3.63) is 10.7 Å². The van der Waals surface area contributed by atoms with Crippen molar-refractivity contribution in [1.82, 2.24) is 15.2 Å². The van der Waals surface area contributed by atoms with Gasteiger partial charge in [0.05, 0.1) is 15.6 Å². The fourth-order valence-electron chi connectivity index (χ4n) is 1.53. The molecule has 4 nitrogen and oxygen atoms in total. The number of hydrogen-bond acceptors (Lipinski definition) is 6. The van der Waals surface area contributed by atoms with E-state index in [2.05, 4.69) is 41.3 Å². The number of aryl methyl sites for hydroxylation is 1. The summed E-state index contributed by atoms with van der Waals surface area (Å²) < 4.78 is 0. The van der Waals surface area contributed by atoms with Crippen molar-refractivity contribution in [3.63, 3.8) is 0 Å². The number of nitrogens with zero attached hydrogens (tertiary/aromatic N) is 3. The monoisotopic (exact) mass is 268 g/mol. The van der Waals surface area contributed by atoms with E-state index in [0.29, 0.717) is 5.92 Å². The predicted octanol–water partition coefficient (Wildman–Crippen LogP) is 3.53. The van der Waals surface area contributed by atoms with Gasteiger partial charge in [0.25, 0.3) is 0 Å². The van der Waals surface area contributed by atoms with Crippen LogP contribution in [0.15, 0.2) is 0 Å². The molecule has 0 amide bonds. The van der Waals surface area contributed by atoms with E-state index in [-0.39, 0.29) is 0 Å². The molecule has 0 aliphatic carbocycles. The first-order valence-corrected chi connectivity index (χ1v) is 7.30. The molecule has 0 aromatic carbocycles. The molecule has 2 heterocycles. The maximum absolute atomic E-state index is 4.58. The topological polar surface area (TPSA) is 50.7 Å². The predicted molar refractivity (Wildman–Crippen MR) is 74.0 cm³/mol. The van der Waals surface area contributed by atoms with Crippen LogP contribution in [-0.4, -0.2) is 21.7 Å². The summed E-state index contributed by atoms with van der Waals surface area (Å²) in [4.78, 5) is 5.74. The molecule has 1 N–H and O–H groups in total. The summed E-state index contributed by atoms with van der Waals surface area (Å²) >= 11 is 3.29. The number of rotatable bonds is 4. The van der Waals surface area contributed by atoms with E-state index in [1.165, 1.54) is 4.88 Å². The lowest BCUT2D eigenvalue weighted by Crippen LogP contribution is -1.94. The Balaban J connectivity index is 2.37. The number of hydrogen-bond donors (Lipinski definition) is 1. The molecule has 6 heteroatoms. The van der Waals surface area contributed by atoms with Gasteiger partial charge in [-0.1, -0.05) is 25.2 Å². The third-order valence-electron chi connectivity index (χ3n) is 2.25. The van der Waals surface area contributed by atoms with Crippen molar-refractivity contribution < 1.29 is 0 Å². The zero-order chi connectivity index (χ0) is 12.4. The SMILES string of the molecule is CCNc1nnc(-c2sc(C)nc2C(C)C)s1. The highest BCUT2D eigenvalue weighted by atomic mass is 32.1. The fraction of sp³-hybridized carbons (Fsp3) is 0.545. The Morgan fingerprint density at radius 1 is 1.24 bits per heavy atom. The Hall–Kier alpha value is -1.01. The molecular weight excluding hydrogens is 252 g/mol. The minimum absolute atomic E-state index is 0.418. The van der Waals surface area contributed by atoms with Crippen LogP contribution in [0, 0.1) is 6.92 Å². The lowest BCUT2D eigenvalue weighted by molar-refractivity contribution is 0.830. The zero-order valence-corrected chi connectivity index (χ0v) is 12.1. The van der Waals surface area contributed by atoms with Crippen molar-refractivity contribution >= 4 is 27.8 Å². The van der Waals surface area contributed by atoms with Crippen molar-refractivity contribution in [1.29, 1.82) is 0 Å². The van der Waals surface area contributed by atoms with Gasteiger partial charge in [0.15, 0.2) is 5.01 Å². The highest BCUT2D eigenvalue weighted by molar-refractivity contribution is 7.23. The van der Waals surface area contributed by atoms with Gasteiger partial charge in [-0.2, -0.15) is 0 Å². The van der Waals surface area contributed by atoms with Gasteiger partial charge in [-0.3, -0.25) is 0 Å². The molecule has 2 aromatic rings. The van der Waals surface area contributed by atoms with E-state index in [4.69, 9.17) is 0 Å². The Kier molecular flexibility index (Phi) is 3.73. The molecule has 0 saturated carbocycles. The molecule has 2 rings (SSSR count). The lowest BCUT2D eigenvalue weighted by atomic mass is 10.1. The Morgan fingerprint density at radius 2 is 2.00 bits per heavy atom. The Bertz CT molecular complexity index is 501. The van der Waals surface area contributed by atoms with Crippen molar-refractivity contribution in [2.75, 3.05) is 11.9 Å². The second-order valence-corrected chi connectivity index (χ2v) is 6.23. The van der Waals surface area contributed by atoms with Gasteiger partial charge in [0, 0.05) is 6.54 Å². The van der Waals surface area contributed by atoms with Crippen molar-refractivity contribution in [2.24, 2.45) is 0 Å². The average Bonchev–Trinajstić information content (AvgIpc) is 2.85. The third-order valence-corrected chi connectivity index (χ3v) is 4.28. The van der Waals surface area contributed by atoms with Gasteiger partial charge < -0.3 is 5.32 Å². The van der Waals surface area contributed by atoms with Crippen LogP contribution in [0.2, 0.25) is 0 Å². The first kappa shape index (κ1) is 12.4. The summed E-state index contributed by atoms with van der Waals surface area (Å²) in [6.07, 6.45) is 0. The highest BCUT2D eigenvalue weighted by Gasteiger charge is 2.17. The van der Waals surface area contributed by atoms with E-state index in [1.807, 2.05) is 6.92 Å². The Labute approximate surface area is 109 Å². The minimum atomic E-state index is 0.418. The normalized spacial score (nSPS) is 11.1. The molecule has 92 valence electrons. The molecule has 0 unspecified atom stereocenters. The summed E-state index contributed by atoms with van der Waals surface area (Å²) in [6.45, 7) is 9.27. The quantitative estimate of drug-likeness (QED) is 0.921. The molecule has 2 aromatic heterocycles. The maximum Gasteiger partial charge on any atom is 0.206 e. The van der Waals surface area contributed by atoms with Gasteiger partial charge in [0.1, 0.15) is 0 Å². The zero-order valence-electron chi connectivity index (χ0n) is 10.4. The number of aromatic nitrogens is 3. The van der Waals surface area contributed by atoms with Crippen LogP contribution in [0.5, 0.6) is 0 Å². The van der Waals surface area contributed by atoms with Gasteiger partial charge in [-0.15, -0.1) is 21.5 Å². The summed E-state index contributed by atoms with van der Waals surface area (Å²) in [6, 6.07) is 0. The van der Waals surface area contributed by atoms with Crippen LogP contribution in [0.4, 0.5) is 5.13 Å². The Morgan fingerprint density at radius 3 is 2.65 bits per heavy atom. The smallest absolute Gasteiger partial charge is 0.206 e. The third kappa shape index (κ3) is 2.63. The van der Waals surface area contributed by atoms with Gasteiger partial charge in [-0.25, -0.2) is 4.98 Å². The highest BCUT2D eigenvalue weighted by Crippen LogP contribution is 2.36. The summed E-state index contributed by atoms with van der Waals surface area (Å²) in [5, 5.41) is 14.5. The first-order valence-electron chi connectivity index (χ1n) is 5.66. The van der Waals surface area contributed by atoms with Crippen LogP contribution >= 0.6 is 22.7 Å². The number of nitrogens with one attached hydrogen (secondary N) is 1. The van der Waals surface area contributed by atoms with Crippen LogP contribution in [-0.2, 0) is 0 Å². The second kappa shape index (κ2) is 5.10. The molecule has 0 atom stereocenters. The molecule has 0 radical (unpaired) electrons. The van der Waals surface area contributed by atoms with Crippen molar-refractivity contribution in [3.8, 4) is 9.88 Å². The molecule has 0 bridgehead atoms. The summed E-state index contributed by atoms with van der Waals surface area (Å²) in [5.41, 5.74) is 1.13.